The molecule has 28 heavy (non-hydrogen) atoms. The van der Waals surface area contributed by atoms with Gasteiger partial charge in [-0.25, -0.2) is 0 Å². The predicted molar refractivity (Wildman–Crippen MR) is 128 cm³/mol. The summed E-state index contributed by atoms with van der Waals surface area (Å²) < 4.78 is 0. The minimum atomic E-state index is 0. The van der Waals surface area contributed by atoms with E-state index in [2.05, 4.69) is 39.7 Å². The van der Waals surface area contributed by atoms with Crippen LogP contribution in [0, 0.1) is 0 Å². The molecule has 2 N–H and O–H groups in total. The molecule has 0 heterocycles. The number of carbonyl (C=O) groups excluding carboxylic acids is 1. The second kappa shape index (κ2) is 12.2. The van der Waals surface area contributed by atoms with Gasteiger partial charge in [-0.1, -0.05) is 30.3 Å². The maximum Gasteiger partial charge on any atom is 0.253 e. The monoisotopic (exact) mass is 495 g/mol. The van der Waals surface area contributed by atoms with E-state index in [0.29, 0.717) is 12.1 Å². The number of nitrogens with one attached hydrogen (secondary N) is 2. The second-order valence-corrected chi connectivity index (χ2v) is 6.51. The van der Waals surface area contributed by atoms with Gasteiger partial charge in [-0.3, -0.25) is 9.79 Å². The summed E-state index contributed by atoms with van der Waals surface area (Å²) in [5.74, 6) is 0.763. The number of anilines is 1. The lowest BCUT2D eigenvalue weighted by Crippen LogP contribution is -2.40. The smallest absolute Gasteiger partial charge is 0.253 e. The summed E-state index contributed by atoms with van der Waals surface area (Å²) in [6.07, 6.45) is 0. The number of hydrogen-bond acceptors (Lipinski definition) is 3. The van der Waals surface area contributed by atoms with Gasteiger partial charge in [0.1, 0.15) is 0 Å². The lowest BCUT2D eigenvalue weighted by Gasteiger charge is -2.20. The van der Waals surface area contributed by atoms with Gasteiger partial charge in [0.15, 0.2) is 5.96 Å². The molecule has 6 nitrogen and oxygen atoms in total. The lowest BCUT2D eigenvalue weighted by atomic mass is 10.1. The highest BCUT2D eigenvalue weighted by Gasteiger charge is 2.07. The predicted octanol–water partition coefficient (Wildman–Crippen LogP) is 2.81. The van der Waals surface area contributed by atoms with Gasteiger partial charge in [0.25, 0.3) is 5.91 Å². The standard InChI is InChI=1S/C21H29N5O.HI/c1-22-21(23-14-15-26(4)19-8-6-5-7-9-19)24-16-17-10-12-18(13-11-17)20(27)25(2)3;/h5-13H,14-16H2,1-4H3,(H2,22,23,24);1H. The number of para-hydroxylation sites is 1. The van der Waals surface area contributed by atoms with Crippen molar-refractivity contribution in [3.05, 3.63) is 65.7 Å². The van der Waals surface area contributed by atoms with Gasteiger partial charge in [-0.05, 0) is 29.8 Å². The van der Waals surface area contributed by atoms with Crippen molar-refractivity contribution >= 4 is 41.5 Å². The fourth-order valence-electron chi connectivity index (χ4n) is 2.58. The van der Waals surface area contributed by atoms with Crippen molar-refractivity contribution in [1.82, 2.24) is 15.5 Å². The highest BCUT2D eigenvalue weighted by atomic mass is 127. The van der Waals surface area contributed by atoms with Gasteiger partial charge in [0.05, 0.1) is 0 Å². The Morgan fingerprint density at radius 1 is 0.964 bits per heavy atom. The molecule has 0 aliphatic heterocycles. The van der Waals surface area contributed by atoms with Crippen molar-refractivity contribution in [2.45, 2.75) is 6.54 Å². The zero-order valence-corrected chi connectivity index (χ0v) is 19.3. The van der Waals surface area contributed by atoms with Crippen LogP contribution in [0.3, 0.4) is 0 Å². The van der Waals surface area contributed by atoms with Crippen LogP contribution in [0.1, 0.15) is 15.9 Å². The molecule has 0 spiro atoms. The third-order valence-electron chi connectivity index (χ3n) is 4.23. The SMILES string of the molecule is CN=C(NCCN(C)c1ccccc1)NCc1ccc(C(=O)N(C)C)cc1.I. The molecule has 0 fully saturated rings. The van der Waals surface area contributed by atoms with Crippen molar-refractivity contribution in [2.75, 3.05) is 46.2 Å². The largest absolute Gasteiger partial charge is 0.373 e. The van der Waals surface area contributed by atoms with Gasteiger partial charge in [0.2, 0.25) is 0 Å². The number of rotatable bonds is 7. The van der Waals surface area contributed by atoms with E-state index in [4.69, 9.17) is 0 Å². The number of carbonyl (C=O) groups is 1. The number of amides is 1. The molecule has 0 saturated carbocycles. The minimum absolute atomic E-state index is 0. The highest BCUT2D eigenvalue weighted by Crippen LogP contribution is 2.09. The Bertz CT molecular complexity index is 747. The fraction of sp³-hybridized carbons (Fsp3) is 0.333. The summed E-state index contributed by atoms with van der Waals surface area (Å²) >= 11 is 0. The summed E-state index contributed by atoms with van der Waals surface area (Å²) in [5.41, 5.74) is 2.97. The van der Waals surface area contributed by atoms with Crippen molar-refractivity contribution in [3.8, 4) is 0 Å². The van der Waals surface area contributed by atoms with E-state index in [1.807, 2.05) is 42.5 Å². The van der Waals surface area contributed by atoms with E-state index in [1.165, 1.54) is 5.69 Å². The Hall–Kier alpha value is -2.29. The van der Waals surface area contributed by atoms with Crippen LogP contribution in [0.4, 0.5) is 5.69 Å². The maximum atomic E-state index is 11.9. The van der Waals surface area contributed by atoms with E-state index >= 15 is 0 Å². The van der Waals surface area contributed by atoms with Gasteiger partial charge in [-0.2, -0.15) is 0 Å². The number of halogens is 1. The first-order valence-corrected chi connectivity index (χ1v) is 9.02. The van der Waals surface area contributed by atoms with Gasteiger partial charge >= 0.3 is 0 Å². The average Bonchev–Trinajstić information content (AvgIpc) is 2.70. The first-order valence-electron chi connectivity index (χ1n) is 9.02. The van der Waals surface area contributed by atoms with Crippen LogP contribution >= 0.6 is 24.0 Å². The number of benzene rings is 2. The van der Waals surface area contributed by atoms with Gasteiger partial charge in [0, 0.05) is 59.1 Å². The van der Waals surface area contributed by atoms with Crippen LogP contribution in [0.5, 0.6) is 0 Å². The van der Waals surface area contributed by atoms with E-state index in [0.717, 1.165) is 24.6 Å². The highest BCUT2D eigenvalue weighted by molar-refractivity contribution is 14.0. The second-order valence-electron chi connectivity index (χ2n) is 6.51. The molecule has 0 aliphatic rings. The van der Waals surface area contributed by atoms with Crippen molar-refractivity contribution in [2.24, 2.45) is 4.99 Å². The van der Waals surface area contributed by atoms with Gasteiger partial charge in [-0.15, -0.1) is 24.0 Å². The molecule has 0 unspecified atom stereocenters. The van der Waals surface area contributed by atoms with Crippen LogP contribution < -0.4 is 15.5 Å². The number of guanidine groups is 1. The molecule has 0 radical (unpaired) electrons. The molecule has 0 aliphatic carbocycles. The molecule has 152 valence electrons. The summed E-state index contributed by atoms with van der Waals surface area (Å²) in [6, 6.07) is 17.9. The molecule has 2 aromatic carbocycles. The van der Waals surface area contributed by atoms with Crippen LogP contribution in [-0.2, 0) is 6.54 Å². The van der Waals surface area contributed by atoms with E-state index in [1.54, 1.807) is 26.0 Å². The number of likely N-dealkylation sites (N-methyl/N-ethyl adjacent to an activating group) is 1. The van der Waals surface area contributed by atoms with Crippen LogP contribution in [0.25, 0.3) is 0 Å². The summed E-state index contributed by atoms with van der Waals surface area (Å²) in [6.45, 7) is 2.29. The fourth-order valence-corrected chi connectivity index (χ4v) is 2.58. The van der Waals surface area contributed by atoms with E-state index in [9.17, 15) is 4.79 Å². The molecule has 0 aromatic heterocycles. The van der Waals surface area contributed by atoms with Crippen LogP contribution in [0.2, 0.25) is 0 Å². The van der Waals surface area contributed by atoms with Gasteiger partial charge < -0.3 is 20.4 Å². The van der Waals surface area contributed by atoms with Crippen LogP contribution in [0.15, 0.2) is 59.6 Å². The number of hydrogen-bond donors (Lipinski definition) is 2. The molecular formula is C21H30IN5O. The third kappa shape index (κ3) is 7.38. The third-order valence-corrected chi connectivity index (χ3v) is 4.23. The zero-order chi connectivity index (χ0) is 19.6. The average molecular weight is 495 g/mol. The molecule has 0 saturated heterocycles. The van der Waals surface area contributed by atoms with Crippen molar-refractivity contribution in [1.29, 1.82) is 0 Å². The maximum absolute atomic E-state index is 11.9. The normalized spacial score (nSPS) is 10.6. The molecule has 2 aromatic rings. The van der Waals surface area contributed by atoms with Crippen LogP contribution in [-0.4, -0.2) is 58.0 Å². The zero-order valence-electron chi connectivity index (χ0n) is 17.0. The lowest BCUT2D eigenvalue weighted by molar-refractivity contribution is 0.0827. The molecule has 1 amide bonds. The summed E-state index contributed by atoms with van der Waals surface area (Å²) in [4.78, 5) is 19.9. The molecular weight excluding hydrogens is 465 g/mol. The molecule has 7 heteroatoms. The summed E-state index contributed by atoms with van der Waals surface area (Å²) in [7, 11) is 7.34. The first-order chi connectivity index (χ1) is 13.0. The molecule has 0 atom stereocenters. The Morgan fingerprint density at radius 2 is 1.61 bits per heavy atom. The molecule has 2 rings (SSSR count). The topological polar surface area (TPSA) is 60.0 Å². The van der Waals surface area contributed by atoms with Crippen molar-refractivity contribution in [3.63, 3.8) is 0 Å². The quantitative estimate of drug-likeness (QED) is 0.353. The van der Waals surface area contributed by atoms with E-state index < -0.39 is 0 Å². The van der Waals surface area contributed by atoms with E-state index in [-0.39, 0.29) is 29.9 Å². The summed E-state index contributed by atoms with van der Waals surface area (Å²) in [5, 5.41) is 6.62. The Balaban J connectivity index is 0.00000392. The Kier molecular flexibility index (Phi) is 10.4. The minimum Gasteiger partial charge on any atom is -0.373 e. The number of aliphatic imine (C=N–C) groups is 1. The molecule has 0 bridgehead atoms. The first kappa shape index (κ1) is 23.7. The Morgan fingerprint density at radius 3 is 2.18 bits per heavy atom. The number of nitrogens with zero attached hydrogens (tertiary/aromatic N) is 3. The van der Waals surface area contributed by atoms with Crippen molar-refractivity contribution < 1.29 is 4.79 Å². The Labute approximate surface area is 185 Å².